The lowest BCUT2D eigenvalue weighted by Crippen LogP contribution is -2.31. The monoisotopic (exact) mass is 604 g/mol. The summed E-state index contributed by atoms with van der Waals surface area (Å²) in [6.45, 7) is 9.32. The van der Waals surface area contributed by atoms with Gasteiger partial charge in [-0.25, -0.2) is 4.98 Å². The van der Waals surface area contributed by atoms with E-state index >= 15 is 0 Å². The Balaban J connectivity index is 1.36. The Kier molecular flexibility index (Phi) is 6.40. The van der Waals surface area contributed by atoms with Gasteiger partial charge in [0, 0.05) is 10.8 Å². The lowest BCUT2D eigenvalue weighted by atomic mass is 9.79. The van der Waals surface area contributed by atoms with Crippen molar-refractivity contribution in [3.63, 3.8) is 0 Å². The maximum Gasteiger partial charge on any atom is 0.146 e. The van der Waals surface area contributed by atoms with Gasteiger partial charge in [-0.3, -0.25) is 4.40 Å². The van der Waals surface area contributed by atoms with E-state index in [4.69, 9.17) is 11.6 Å². The summed E-state index contributed by atoms with van der Waals surface area (Å²) in [5.41, 5.74) is 12.5. The van der Waals surface area contributed by atoms with Crippen LogP contribution in [-0.4, -0.2) is 9.38 Å². The zero-order valence-corrected chi connectivity index (χ0v) is 26.9. The second-order valence-corrected chi connectivity index (χ2v) is 13.1. The van der Waals surface area contributed by atoms with Crippen molar-refractivity contribution < 1.29 is 0 Å². The molecule has 0 spiro atoms. The molecule has 0 radical (unpaired) electrons. The fourth-order valence-corrected chi connectivity index (χ4v) is 8.26. The fourth-order valence-electron chi connectivity index (χ4n) is 8.26. The van der Waals surface area contributed by atoms with Crippen LogP contribution in [0.4, 0.5) is 0 Å². The molecular formula is C45H36N2. The van der Waals surface area contributed by atoms with E-state index in [0.29, 0.717) is 0 Å². The molecule has 0 fully saturated rings. The summed E-state index contributed by atoms with van der Waals surface area (Å²) < 4.78 is 2.42. The molecule has 226 valence electrons. The van der Waals surface area contributed by atoms with Gasteiger partial charge in [0.05, 0.1) is 16.9 Å². The van der Waals surface area contributed by atoms with E-state index in [1.807, 2.05) is 0 Å². The summed E-state index contributed by atoms with van der Waals surface area (Å²) in [6, 6.07) is 33.2. The van der Waals surface area contributed by atoms with Crippen molar-refractivity contribution in [2.75, 3.05) is 0 Å². The number of para-hydroxylation sites is 1. The zero-order valence-electron chi connectivity index (χ0n) is 26.9. The third kappa shape index (κ3) is 4.14. The summed E-state index contributed by atoms with van der Waals surface area (Å²) in [7, 11) is 0. The third-order valence-corrected chi connectivity index (χ3v) is 10.4. The van der Waals surface area contributed by atoms with Crippen LogP contribution in [0.15, 0.2) is 109 Å². The Hall–Kier alpha value is -5.47. The molecule has 2 aliphatic rings. The second kappa shape index (κ2) is 10.8. The predicted molar refractivity (Wildman–Crippen MR) is 202 cm³/mol. The van der Waals surface area contributed by atoms with Crippen molar-refractivity contribution in [3.8, 4) is 11.1 Å². The van der Waals surface area contributed by atoms with Crippen molar-refractivity contribution >= 4 is 68.5 Å². The predicted octanol–water partition coefficient (Wildman–Crippen LogP) is 9.92. The third-order valence-electron chi connectivity index (χ3n) is 10.4. The van der Waals surface area contributed by atoms with E-state index in [9.17, 15) is 0 Å². The number of pyridine rings is 1. The minimum atomic E-state index is 0.284. The molecule has 2 heteroatoms. The Morgan fingerprint density at radius 3 is 2.34 bits per heavy atom. The first-order valence-electron chi connectivity index (χ1n) is 16.8. The Bertz CT molecular complexity index is 2640. The molecule has 1 atom stereocenters. The Morgan fingerprint density at radius 2 is 1.53 bits per heavy atom. The van der Waals surface area contributed by atoms with Gasteiger partial charge in [0.2, 0.25) is 0 Å². The van der Waals surface area contributed by atoms with Crippen LogP contribution >= 0.6 is 0 Å². The average Bonchev–Trinajstić information content (AvgIpc) is 3.49. The largest absolute Gasteiger partial charge is 0.295 e. The molecule has 1 unspecified atom stereocenters. The summed E-state index contributed by atoms with van der Waals surface area (Å²) >= 11 is 0. The number of nitrogens with zero attached hydrogens (tertiary/aromatic N) is 2. The van der Waals surface area contributed by atoms with Crippen molar-refractivity contribution in [2.24, 2.45) is 5.92 Å². The van der Waals surface area contributed by atoms with Crippen molar-refractivity contribution in [1.29, 1.82) is 0 Å². The van der Waals surface area contributed by atoms with Crippen molar-refractivity contribution in [1.82, 2.24) is 9.38 Å². The number of imidazole rings is 1. The molecular weight excluding hydrogens is 569 g/mol. The van der Waals surface area contributed by atoms with Crippen LogP contribution in [0.5, 0.6) is 0 Å². The molecule has 2 aliphatic carbocycles. The van der Waals surface area contributed by atoms with E-state index in [2.05, 4.69) is 146 Å². The molecule has 2 aromatic heterocycles. The van der Waals surface area contributed by atoms with Crippen molar-refractivity contribution in [2.45, 2.75) is 33.1 Å². The molecule has 0 amide bonds. The summed E-state index contributed by atoms with van der Waals surface area (Å²) in [5.74, 6) is 0.284. The molecule has 9 rings (SSSR count). The van der Waals surface area contributed by atoms with Gasteiger partial charge in [-0.1, -0.05) is 129 Å². The van der Waals surface area contributed by atoms with Gasteiger partial charge in [0.15, 0.2) is 0 Å². The average molecular weight is 605 g/mol. The molecule has 2 nitrogen and oxygen atoms in total. The SMILES string of the molecule is C=c1c(C2=Cc3nc4c5ccccc5c5ccccc5n4c3CC2C)c2ccccc2c(-c2cccc3c2CCC=C3)/c1=C/C=C\C. The lowest BCUT2D eigenvalue weighted by molar-refractivity contribution is 0.716. The van der Waals surface area contributed by atoms with Gasteiger partial charge in [-0.05, 0) is 104 Å². The Morgan fingerprint density at radius 1 is 0.809 bits per heavy atom. The minimum Gasteiger partial charge on any atom is -0.295 e. The summed E-state index contributed by atoms with van der Waals surface area (Å²) in [5, 5.41) is 8.53. The van der Waals surface area contributed by atoms with E-state index in [1.54, 1.807) is 0 Å². The molecule has 0 aliphatic heterocycles. The second-order valence-electron chi connectivity index (χ2n) is 13.1. The highest BCUT2D eigenvalue weighted by Crippen LogP contribution is 2.41. The van der Waals surface area contributed by atoms with Crippen molar-refractivity contribution in [3.05, 3.63) is 148 Å². The number of aromatic nitrogens is 2. The maximum atomic E-state index is 5.38. The minimum absolute atomic E-state index is 0.284. The summed E-state index contributed by atoms with van der Waals surface area (Å²) in [6.07, 6.45) is 16.5. The lowest BCUT2D eigenvalue weighted by Gasteiger charge is -2.25. The van der Waals surface area contributed by atoms with E-state index in [-0.39, 0.29) is 5.92 Å². The smallest absolute Gasteiger partial charge is 0.146 e. The number of benzene rings is 5. The highest BCUT2D eigenvalue weighted by molar-refractivity contribution is 6.12. The standard InChI is InChI=1S/C45H36N2/c1-4-5-17-31-29(3)43(36-21-9-10-22-37(36)44(31)35-24-14-16-30-15-6-7-18-32(30)35)39-27-40-42(26-28(39)2)47-41-25-13-12-20-34(41)33-19-8-11-23-38(33)45(47)46-40/h4-6,8-17,19-25,27-28H,3,7,18,26H2,1-2H3/b5-4-,31-17+. The molecule has 5 aromatic carbocycles. The van der Waals surface area contributed by atoms with E-state index < -0.39 is 0 Å². The number of hydrogen-bond acceptors (Lipinski definition) is 1. The first-order chi connectivity index (χ1) is 23.1. The van der Waals surface area contributed by atoms with Gasteiger partial charge < -0.3 is 0 Å². The normalized spacial score (nSPS) is 16.4. The van der Waals surface area contributed by atoms with Crippen LogP contribution in [0.25, 0.3) is 79.6 Å². The van der Waals surface area contributed by atoms with Gasteiger partial charge in [-0.15, -0.1) is 0 Å². The van der Waals surface area contributed by atoms with Crippen LogP contribution < -0.4 is 10.4 Å². The molecule has 0 N–H and O–H groups in total. The van der Waals surface area contributed by atoms with Crippen LogP contribution in [-0.2, 0) is 12.8 Å². The molecule has 0 saturated carbocycles. The van der Waals surface area contributed by atoms with Gasteiger partial charge >= 0.3 is 0 Å². The number of rotatable bonds is 3. The fraction of sp³-hybridized carbons (Fsp3) is 0.133. The van der Waals surface area contributed by atoms with Crippen LogP contribution in [0, 0.1) is 5.92 Å². The molecule has 0 bridgehead atoms. The quantitative estimate of drug-likeness (QED) is 0.184. The molecule has 7 aromatic rings. The summed E-state index contributed by atoms with van der Waals surface area (Å²) in [4.78, 5) is 5.38. The highest BCUT2D eigenvalue weighted by atomic mass is 15.0. The molecule has 0 saturated heterocycles. The number of fused-ring (bicyclic) bond motifs is 10. The van der Waals surface area contributed by atoms with Crippen LogP contribution in [0.2, 0.25) is 0 Å². The number of allylic oxidation sites excluding steroid dienone is 4. The molecule has 47 heavy (non-hydrogen) atoms. The number of hydrogen-bond donors (Lipinski definition) is 0. The van der Waals surface area contributed by atoms with E-state index in [1.165, 1.54) is 76.8 Å². The van der Waals surface area contributed by atoms with Crippen LogP contribution in [0.3, 0.4) is 0 Å². The van der Waals surface area contributed by atoms with Crippen LogP contribution in [0.1, 0.15) is 48.3 Å². The highest BCUT2D eigenvalue weighted by Gasteiger charge is 2.28. The molecule has 2 heterocycles. The van der Waals surface area contributed by atoms with Gasteiger partial charge in [-0.2, -0.15) is 0 Å². The van der Waals surface area contributed by atoms with E-state index in [0.717, 1.165) is 35.8 Å². The zero-order chi connectivity index (χ0) is 31.6. The Labute approximate surface area is 275 Å². The topological polar surface area (TPSA) is 17.3 Å². The first-order valence-corrected chi connectivity index (χ1v) is 16.8. The van der Waals surface area contributed by atoms with Gasteiger partial charge in [0.1, 0.15) is 5.65 Å². The maximum absolute atomic E-state index is 5.38. The van der Waals surface area contributed by atoms with Gasteiger partial charge in [0.25, 0.3) is 0 Å². The first kappa shape index (κ1) is 27.8.